The lowest BCUT2D eigenvalue weighted by Gasteiger charge is -2.34. The molecule has 6 atom stereocenters. The molecule has 0 fully saturated rings. The molecule has 364 valence electrons. The van der Waals surface area contributed by atoms with Gasteiger partial charge in [0, 0.05) is 95.1 Å². The monoisotopic (exact) mass is 974 g/mol. The number of ether oxygens (including phenoxy) is 4. The summed E-state index contributed by atoms with van der Waals surface area (Å²) in [6.45, 7) is 0. The molecule has 7 aromatic rings. The lowest BCUT2D eigenvalue weighted by Crippen LogP contribution is -2.35. The summed E-state index contributed by atoms with van der Waals surface area (Å²) in [7, 11) is 0. The lowest BCUT2D eigenvalue weighted by atomic mass is 9.90. The molecular weight excluding hydrogens is 937 g/mol. The molecular formula is C50H38O21. The molecule has 3 heterocycles. The van der Waals surface area contributed by atoms with Crippen molar-refractivity contribution < 1.29 is 95.2 Å². The van der Waals surface area contributed by atoms with Crippen LogP contribution in [0.2, 0.25) is 0 Å². The number of hydrogen-bond acceptors (Lipinski definition) is 21. The first-order valence-corrected chi connectivity index (χ1v) is 21.4. The summed E-state index contributed by atoms with van der Waals surface area (Å²) in [5, 5.41) is 150. The average Bonchev–Trinajstić information content (AvgIpc) is 3.52. The number of rotatable bonds is 5. The number of phenolic OH excluding ortho intramolecular Hbond substituents is 10. The van der Waals surface area contributed by atoms with Crippen molar-refractivity contribution in [3.63, 3.8) is 0 Å². The Kier molecular flexibility index (Phi) is 10.6. The van der Waals surface area contributed by atoms with Crippen LogP contribution in [0, 0.1) is 0 Å². The van der Waals surface area contributed by atoms with E-state index in [1.165, 1.54) is 6.07 Å². The molecule has 0 aromatic heterocycles. The van der Waals surface area contributed by atoms with E-state index in [-0.39, 0.29) is 74.2 Å². The van der Waals surface area contributed by atoms with Crippen molar-refractivity contribution in [2.24, 2.45) is 0 Å². The van der Waals surface area contributed by atoms with Gasteiger partial charge < -0.3 is 90.4 Å². The second-order valence-corrected chi connectivity index (χ2v) is 17.3. The Bertz CT molecular complexity index is 3590. The minimum Gasteiger partial charge on any atom is -0.508 e. The SMILES string of the molecule is O=C(O[C@@H]1Cc2c(O)cc(O)cc2O[C@@H]1c1cc(=O)c(O)c2c(O)c(O)cc([C@@H]3Oc4cc(O)cc(O)c4C[C@@H]3O)c2c1)c1cc(=O)c(O)c2c(O)c(O)cc([C@H]3Oc4cc(O)cc(O)c4C[C@H]3O)c2c1. The van der Waals surface area contributed by atoms with E-state index in [0.717, 1.165) is 60.7 Å². The largest absolute Gasteiger partial charge is 0.508 e. The van der Waals surface area contributed by atoms with E-state index in [4.69, 9.17) is 18.9 Å². The Morgan fingerprint density at radius 1 is 0.451 bits per heavy atom. The van der Waals surface area contributed by atoms with Crippen LogP contribution in [0.4, 0.5) is 0 Å². The summed E-state index contributed by atoms with van der Waals surface area (Å²) in [5.74, 6) is -10.4. The topological polar surface area (TPSA) is 371 Å². The molecule has 0 saturated carbocycles. The number of carbonyl (C=O) groups is 1. The maximum atomic E-state index is 14.6. The van der Waals surface area contributed by atoms with Crippen LogP contribution in [-0.4, -0.2) is 95.8 Å². The molecule has 7 aromatic carbocycles. The average molecular weight is 975 g/mol. The molecule has 0 radical (unpaired) electrons. The summed E-state index contributed by atoms with van der Waals surface area (Å²) in [5.41, 5.74) is -3.57. The van der Waals surface area contributed by atoms with Gasteiger partial charge in [0.1, 0.15) is 57.8 Å². The molecule has 14 N–H and O–H groups in total. The molecule has 0 aliphatic carbocycles. The molecule has 0 bridgehead atoms. The van der Waals surface area contributed by atoms with Crippen molar-refractivity contribution in [2.75, 3.05) is 0 Å². The number of phenols is 10. The normalized spacial score (nSPS) is 20.1. The molecule has 3 aliphatic heterocycles. The Morgan fingerprint density at radius 2 is 0.859 bits per heavy atom. The van der Waals surface area contributed by atoms with Crippen LogP contribution in [0.25, 0.3) is 21.5 Å². The van der Waals surface area contributed by atoms with E-state index < -0.39 is 145 Å². The molecule has 71 heavy (non-hydrogen) atoms. The summed E-state index contributed by atoms with van der Waals surface area (Å²) in [6, 6.07) is 11.9. The second kappa shape index (κ2) is 16.5. The fraction of sp³-hybridized carbons (Fsp3) is 0.180. The van der Waals surface area contributed by atoms with Crippen LogP contribution >= 0.6 is 0 Å². The van der Waals surface area contributed by atoms with Gasteiger partial charge in [-0.2, -0.15) is 0 Å². The van der Waals surface area contributed by atoms with Gasteiger partial charge in [-0.05, 0) is 41.1 Å². The molecule has 21 nitrogen and oxygen atoms in total. The first kappa shape index (κ1) is 45.6. The van der Waals surface area contributed by atoms with Crippen LogP contribution in [-0.2, 0) is 24.0 Å². The van der Waals surface area contributed by atoms with Gasteiger partial charge >= 0.3 is 5.97 Å². The summed E-state index contributed by atoms with van der Waals surface area (Å²) in [6.07, 6.45) is -10.4. The number of benzene rings is 5. The highest BCUT2D eigenvalue weighted by Crippen LogP contribution is 2.51. The molecule has 3 aliphatic rings. The molecule has 0 saturated heterocycles. The van der Waals surface area contributed by atoms with Gasteiger partial charge in [-0.3, -0.25) is 9.59 Å². The number of aliphatic hydroxyl groups is 2. The van der Waals surface area contributed by atoms with Crippen molar-refractivity contribution in [1.29, 1.82) is 0 Å². The van der Waals surface area contributed by atoms with Crippen molar-refractivity contribution in [2.45, 2.75) is 55.9 Å². The number of aliphatic hydroxyl groups excluding tert-OH is 2. The third-order valence-electron chi connectivity index (χ3n) is 12.8. The standard InChI is InChI=1S/C50H38O21/c51-18-5-28(54)25-13-35(61)48(69-37(25)8-18)23-11-33(59)45(65)41-21(23)1-16(3-31(57)43(41)63)47-40(15-27-30(56)7-20(53)10-39(27)68-47)71-50(67)17-2-22-24(12-34(60)46(66)42(22)44(64)32(58)4-17)49-36(62)14-26-29(55)6-19(52)9-38(26)70-49/h1-12,35-36,40,47-49,51-56,59-62,65-66H,13-15H2,(H,57,63)(H,58,64)/t35-,36+,40+,47+,48-,49+/m0/s1. The molecule has 0 unspecified atom stereocenters. The molecule has 0 spiro atoms. The second-order valence-electron chi connectivity index (χ2n) is 17.3. The van der Waals surface area contributed by atoms with Gasteiger partial charge in [-0.25, -0.2) is 4.79 Å². The molecule has 0 amide bonds. The first-order chi connectivity index (χ1) is 33.7. The number of aromatic hydroxyl groups is 12. The molecule has 21 heteroatoms. The smallest absolute Gasteiger partial charge is 0.338 e. The third-order valence-corrected chi connectivity index (χ3v) is 12.8. The van der Waals surface area contributed by atoms with Gasteiger partial charge in [0.05, 0.1) is 28.5 Å². The van der Waals surface area contributed by atoms with Crippen LogP contribution in [0.1, 0.15) is 62.1 Å². The maximum absolute atomic E-state index is 14.6. The predicted octanol–water partition coefficient (Wildman–Crippen LogP) is 4.16. The van der Waals surface area contributed by atoms with Gasteiger partial charge in [-0.1, -0.05) is 0 Å². The van der Waals surface area contributed by atoms with Crippen LogP contribution in [0.15, 0.2) is 82.4 Å². The Labute approximate surface area is 396 Å². The van der Waals surface area contributed by atoms with Crippen molar-refractivity contribution in [3.05, 3.63) is 132 Å². The zero-order chi connectivity index (χ0) is 50.6. The predicted molar refractivity (Wildman–Crippen MR) is 242 cm³/mol. The van der Waals surface area contributed by atoms with Crippen molar-refractivity contribution in [1.82, 2.24) is 0 Å². The van der Waals surface area contributed by atoms with Gasteiger partial charge in [-0.15, -0.1) is 0 Å². The summed E-state index contributed by atoms with van der Waals surface area (Å²) >= 11 is 0. The fourth-order valence-corrected chi connectivity index (χ4v) is 9.51. The quantitative estimate of drug-likeness (QED) is 0.0850. The fourth-order valence-electron chi connectivity index (χ4n) is 9.51. The van der Waals surface area contributed by atoms with Crippen LogP contribution in [0.3, 0.4) is 0 Å². The molecule has 10 rings (SSSR count). The van der Waals surface area contributed by atoms with E-state index in [2.05, 4.69) is 0 Å². The number of esters is 1. The number of carbonyl (C=O) groups excluding carboxylic acids is 1. The van der Waals surface area contributed by atoms with Gasteiger partial charge in [0.15, 0.2) is 52.8 Å². The van der Waals surface area contributed by atoms with Crippen LogP contribution < -0.4 is 25.1 Å². The zero-order valence-electron chi connectivity index (χ0n) is 36.1. The minimum atomic E-state index is -1.67. The van der Waals surface area contributed by atoms with Gasteiger partial charge in [0.2, 0.25) is 10.9 Å². The van der Waals surface area contributed by atoms with E-state index in [0.29, 0.717) is 6.07 Å². The Morgan fingerprint density at radius 3 is 1.32 bits per heavy atom. The van der Waals surface area contributed by atoms with E-state index in [1.54, 1.807) is 0 Å². The van der Waals surface area contributed by atoms with Gasteiger partial charge in [0.25, 0.3) is 0 Å². The lowest BCUT2D eigenvalue weighted by molar-refractivity contribution is -0.0187. The summed E-state index contributed by atoms with van der Waals surface area (Å²) in [4.78, 5) is 42.0. The highest BCUT2D eigenvalue weighted by atomic mass is 16.6. The highest BCUT2D eigenvalue weighted by molar-refractivity contribution is 6.01. The van der Waals surface area contributed by atoms with Crippen molar-refractivity contribution in [3.8, 4) is 86.2 Å². The Balaban J connectivity index is 1.12. The number of fused-ring (bicyclic) bond motifs is 5. The highest BCUT2D eigenvalue weighted by Gasteiger charge is 2.40. The Hall–Kier alpha value is -9.21. The van der Waals surface area contributed by atoms with E-state index in [9.17, 15) is 85.9 Å². The van der Waals surface area contributed by atoms with E-state index in [1.807, 2.05) is 0 Å². The third kappa shape index (κ3) is 7.55. The van der Waals surface area contributed by atoms with E-state index >= 15 is 0 Å². The van der Waals surface area contributed by atoms with Crippen LogP contribution in [0.5, 0.6) is 86.2 Å². The summed E-state index contributed by atoms with van der Waals surface area (Å²) < 4.78 is 24.3. The van der Waals surface area contributed by atoms with Crippen molar-refractivity contribution >= 4 is 27.5 Å². The number of hydrogen-bond donors (Lipinski definition) is 14. The minimum absolute atomic E-state index is 0.0333. The first-order valence-electron chi connectivity index (χ1n) is 21.4. The maximum Gasteiger partial charge on any atom is 0.338 e. The zero-order valence-corrected chi connectivity index (χ0v) is 36.1.